The molecule has 5 heteroatoms. The average Bonchev–Trinajstić information content (AvgIpc) is 3.45. The van der Waals surface area contributed by atoms with Gasteiger partial charge in [0.1, 0.15) is 0 Å². The first-order valence-corrected chi connectivity index (χ1v) is 8.35. The number of aromatic nitrogens is 2. The van der Waals surface area contributed by atoms with E-state index in [2.05, 4.69) is 4.98 Å². The van der Waals surface area contributed by atoms with Gasteiger partial charge in [0.05, 0.1) is 16.7 Å². The van der Waals surface area contributed by atoms with E-state index in [1.54, 1.807) is 0 Å². The zero-order valence-corrected chi connectivity index (χ0v) is 13.4. The molecule has 1 amide bonds. The van der Waals surface area contributed by atoms with Gasteiger partial charge >= 0.3 is 0 Å². The number of carbonyl (C=O) groups excluding carboxylic acids is 1. The van der Waals surface area contributed by atoms with Crippen molar-refractivity contribution in [2.75, 3.05) is 20.3 Å². The second-order valence-electron chi connectivity index (χ2n) is 6.48. The maximum absolute atomic E-state index is 13.0. The van der Waals surface area contributed by atoms with Gasteiger partial charge in [-0.15, -0.1) is 0 Å². The SMILES string of the molecule is CN(C(=O)c1nc2ccccc2nc1C1CC1)C1CCOCC1. The first-order valence-electron chi connectivity index (χ1n) is 8.35. The monoisotopic (exact) mass is 311 g/mol. The number of nitrogens with zero attached hydrogens (tertiary/aromatic N) is 3. The van der Waals surface area contributed by atoms with Crippen molar-refractivity contribution in [3.63, 3.8) is 0 Å². The Morgan fingerprint density at radius 1 is 1.09 bits per heavy atom. The third-order valence-electron chi connectivity index (χ3n) is 4.82. The summed E-state index contributed by atoms with van der Waals surface area (Å²) in [5.41, 5.74) is 3.09. The van der Waals surface area contributed by atoms with Crippen molar-refractivity contribution in [1.82, 2.24) is 14.9 Å². The molecule has 0 spiro atoms. The first kappa shape index (κ1) is 14.6. The lowest BCUT2D eigenvalue weighted by atomic mass is 10.1. The van der Waals surface area contributed by atoms with Crippen molar-refractivity contribution in [3.8, 4) is 0 Å². The van der Waals surface area contributed by atoms with E-state index in [1.165, 1.54) is 0 Å². The smallest absolute Gasteiger partial charge is 0.274 e. The van der Waals surface area contributed by atoms with Crippen LogP contribution in [0, 0.1) is 0 Å². The van der Waals surface area contributed by atoms with Crippen molar-refractivity contribution in [1.29, 1.82) is 0 Å². The molecular weight excluding hydrogens is 290 g/mol. The molecule has 0 unspecified atom stereocenters. The normalized spacial score (nSPS) is 19.0. The molecule has 2 aromatic rings. The third kappa shape index (κ3) is 2.81. The van der Waals surface area contributed by atoms with Crippen molar-refractivity contribution >= 4 is 16.9 Å². The number of benzene rings is 1. The van der Waals surface area contributed by atoms with Gasteiger partial charge in [-0.3, -0.25) is 4.79 Å². The summed E-state index contributed by atoms with van der Waals surface area (Å²) in [4.78, 5) is 24.3. The summed E-state index contributed by atoms with van der Waals surface area (Å²) < 4.78 is 5.40. The van der Waals surface area contributed by atoms with E-state index >= 15 is 0 Å². The quantitative estimate of drug-likeness (QED) is 0.874. The fraction of sp³-hybridized carbons (Fsp3) is 0.500. The van der Waals surface area contributed by atoms with Crippen LogP contribution in [0.2, 0.25) is 0 Å². The molecule has 120 valence electrons. The summed E-state index contributed by atoms with van der Waals surface area (Å²) in [5, 5.41) is 0. The molecule has 2 aliphatic rings. The molecule has 0 atom stereocenters. The van der Waals surface area contributed by atoms with Crippen LogP contribution in [-0.2, 0) is 4.74 Å². The highest BCUT2D eigenvalue weighted by Crippen LogP contribution is 2.41. The highest BCUT2D eigenvalue weighted by molar-refractivity contribution is 5.95. The summed E-state index contributed by atoms with van der Waals surface area (Å²) >= 11 is 0. The van der Waals surface area contributed by atoms with Gasteiger partial charge in [0, 0.05) is 32.2 Å². The largest absolute Gasteiger partial charge is 0.381 e. The van der Waals surface area contributed by atoms with Gasteiger partial charge in [0.25, 0.3) is 5.91 Å². The predicted octanol–water partition coefficient (Wildman–Crippen LogP) is 2.76. The number of ether oxygens (including phenoxy) is 1. The number of carbonyl (C=O) groups is 1. The molecular formula is C18H21N3O2. The number of para-hydroxylation sites is 2. The lowest BCUT2D eigenvalue weighted by Gasteiger charge is -2.31. The summed E-state index contributed by atoms with van der Waals surface area (Å²) in [6.45, 7) is 1.45. The van der Waals surface area contributed by atoms with Crippen LogP contribution in [0.25, 0.3) is 11.0 Å². The lowest BCUT2D eigenvalue weighted by Crippen LogP contribution is -2.41. The Morgan fingerprint density at radius 3 is 2.39 bits per heavy atom. The Balaban J connectivity index is 1.71. The molecule has 1 aliphatic carbocycles. The van der Waals surface area contributed by atoms with Crippen LogP contribution < -0.4 is 0 Å². The number of hydrogen-bond acceptors (Lipinski definition) is 4. The van der Waals surface area contributed by atoms with Crippen LogP contribution in [0.5, 0.6) is 0 Å². The zero-order chi connectivity index (χ0) is 15.8. The Bertz CT molecular complexity index is 736. The fourth-order valence-corrected chi connectivity index (χ4v) is 3.22. The van der Waals surface area contributed by atoms with E-state index in [4.69, 9.17) is 9.72 Å². The van der Waals surface area contributed by atoms with Gasteiger partial charge in [0.15, 0.2) is 5.69 Å². The Labute approximate surface area is 135 Å². The van der Waals surface area contributed by atoms with E-state index in [1.807, 2.05) is 36.2 Å². The summed E-state index contributed by atoms with van der Waals surface area (Å²) in [5.74, 6) is 0.395. The molecule has 2 heterocycles. The Morgan fingerprint density at radius 2 is 1.74 bits per heavy atom. The number of hydrogen-bond donors (Lipinski definition) is 0. The third-order valence-corrected chi connectivity index (χ3v) is 4.82. The molecule has 1 aromatic heterocycles. The van der Waals surface area contributed by atoms with Crippen LogP contribution in [0.3, 0.4) is 0 Å². The minimum absolute atomic E-state index is 0.00273. The summed E-state index contributed by atoms with van der Waals surface area (Å²) in [6.07, 6.45) is 3.99. The van der Waals surface area contributed by atoms with E-state index in [9.17, 15) is 4.79 Å². The second-order valence-corrected chi connectivity index (χ2v) is 6.48. The van der Waals surface area contributed by atoms with Gasteiger partial charge < -0.3 is 9.64 Å². The summed E-state index contributed by atoms with van der Waals surface area (Å²) in [6, 6.07) is 8.01. The maximum Gasteiger partial charge on any atom is 0.274 e. The number of fused-ring (bicyclic) bond motifs is 1. The van der Waals surface area contributed by atoms with Gasteiger partial charge in [-0.2, -0.15) is 0 Å². The molecule has 5 nitrogen and oxygen atoms in total. The van der Waals surface area contributed by atoms with E-state index < -0.39 is 0 Å². The maximum atomic E-state index is 13.0. The van der Waals surface area contributed by atoms with Crippen LogP contribution in [-0.4, -0.2) is 47.1 Å². The lowest BCUT2D eigenvalue weighted by molar-refractivity contribution is 0.0358. The van der Waals surface area contributed by atoms with Gasteiger partial charge in [-0.05, 0) is 37.8 Å². The fourth-order valence-electron chi connectivity index (χ4n) is 3.22. The van der Waals surface area contributed by atoms with E-state index in [0.29, 0.717) is 11.6 Å². The first-order chi connectivity index (χ1) is 11.2. The predicted molar refractivity (Wildman–Crippen MR) is 87.4 cm³/mol. The summed E-state index contributed by atoms with van der Waals surface area (Å²) in [7, 11) is 1.88. The Kier molecular flexibility index (Phi) is 3.73. The number of rotatable bonds is 3. The minimum atomic E-state index is -0.00273. The topological polar surface area (TPSA) is 55.3 Å². The van der Waals surface area contributed by atoms with Gasteiger partial charge in [-0.25, -0.2) is 9.97 Å². The number of amides is 1. The van der Waals surface area contributed by atoms with Crippen molar-refractivity contribution in [2.24, 2.45) is 0 Å². The van der Waals surface area contributed by atoms with Crippen molar-refractivity contribution < 1.29 is 9.53 Å². The molecule has 23 heavy (non-hydrogen) atoms. The van der Waals surface area contributed by atoms with Gasteiger partial charge in [0.2, 0.25) is 0 Å². The van der Waals surface area contributed by atoms with E-state index in [-0.39, 0.29) is 11.9 Å². The molecule has 1 aliphatic heterocycles. The Hall–Kier alpha value is -2.01. The molecule has 0 radical (unpaired) electrons. The van der Waals surface area contributed by atoms with Crippen LogP contribution in [0.1, 0.15) is 47.8 Å². The minimum Gasteiger partial charge on any atom is -0.381 e. The van der Waals surface area contributed by atoms with Crippen LogP contribution in [0.15, 0.2) is 24.3 Å². The van der Waals surface area contributed by atoms with Gasteiger partial charge in [-0.1, -0.05) is 12.1 Å². The molecule has 2 fully saturated rings. The molecule has 1 aromatic carbocycles. The standard InChI is InChI=1S/C18H21N3O2/c1-21(13-8-10-23-11-9-13)18(22)17-16(12-6-7-12)19-14-4-2-3-5-15(14)20-17/h2-5,12-13H,6-11H2,1H3. The molecule has 0 N–H and O–H groups in total. The molecule has 1 saturated carbocycles. The molecule has 1 saturated heterocycles. The van der Waals surface area contributed by atoms with Crippen LogP contribution in [0.4, 0.5) is 0 Å². The average molecular weight is 311 g/mol. The molecule has 0 bridgehead atoms. The zero-order valence-electron chi connectivity index (χ0n) is 13.4. The highest BCUT2D eigenvalue weighted by Gasteiger charge is 2.33. The molecule has 4 rings (SSSR count). The van der Waals surface area contributed by atoms with Crippen molar-refractivity contribution in [2.45, 2.75) is 37.6 Å². The van der Waals surface area contributed by atoms with E-state index in [0.717, 1.165) is 55.6 Å². The van der Waals surface area contributed by atoms with Crippen molar-refractivity contribution in [3.05, 3.63) is 35.7 Å². The van der Waals surface area contributed by atoms with Crippen LogP contribution >= 0.6 is 0 Å². The second kappa shape index (κ2) is 5.89. The highest BCUT2D eigenvalue weighted by atomic mass is 16.5.